The Morgan fingerprint density at radius 1 is 0.841 bits per heavy atom. The van der Waals surface area contributed by atoms with Gasteiger partial charge in [0, 0.05) is 82.6 Å². The van der Waals surface area contributed by atoms with E-state index in [1.165, 1.54) is 14.2 Å². The lowest BCUT2D eigenvalue weighted by Gasteiger charge is -2.47. The van der Waals surface area contributed by atoms with Gasteiger partial charge in [-0.05, 0) is 121 Å². The molecule has 0 unspecified atom stereocenters. The van der Waals surface area contributed by atoms with Gasteiger partial charge < -0.3 is 69.9 Å². The maximum atomic E-state index is 14.6. The molecule has 0 spiro atoms. The van der Waals surface area contributed by atoms with E-state index in [9.17, 15) is 48.9 Å². The second-order valence-corrected chi connectivity index (χ2v) is 25.5. The summed E-state index contributed by atoms with van der Waals surface area (Å²) in [5, 5.41) is 47.0. The number of nitrogens with zero attached hydrogens (tertiary/aromatic N) is 1. The maximum absolute atomic E-state index is 14.6. The number of rotatable bonds is 20. The number of amides is 5. The molecule has 21 nitrogen and oxygen atoms in total. The zero-order chi connectivity index (χ0) is 59.7. The highest BCUT2D eigenvalue weighted by Crippen LogP contribution is 2.40. The second kappa shape index (κ2) is 32.4. The quantitative estimate of drug-likeness (QED) is 0.0257. The number of Topliss-reactive ketones (excluding diaryl/α,β-unsaturated/α-hetero) is 2. The molecule has 5 heterocycles. The summed E-state index contributed by atoms with van der Waals surface area (Å²) in [6.45, 7) is 9.90. The van der Waals surface area contributed by atoms with E-state index in [0.29, 0.717) is 81.7 Å². The number of methoxy groups -OCH3 is 3. The Bertz CT molecular complexity index is 2220. The molecule has 0 radical (unpaired) electrons. The lowest BCUT2D eigenvalue weighted by Crippen LogP contribution is -2.64. The first-order valence-corrected chi connectivity index (χ1v) is 31.4. The minimum Gasteiger partial charge on any atom is -0.456 e. The average molecular weight is 1180 g/mol. The maximum Gasteiger partial charge on any atom is 0.407 e. The van der Waals surface area contributed by atoms with Gasteiger partial charge in [0.05, 0.1) is 49.2 Å². The van der Waals surface area contributed by atoms with Gasteiger partial charge in [-0.25, -0.2) is 14.4 Å². The molecular weight excluding hydrogens is 1080 g/mol. The normalized spacial score (nSPS) is 36.1. The van der Waals surface area contributed by atoms with Crippen LogP contribution in [0, 0.1) is 29.6 Å². The minimum atomic E-state index is -2.57. The number of allylic oxidation sites excluding steroid dienone is 3. The highest BCUT2D eigenvalue weighted by molar-refractivity contribution is 8.00. The van der Waals surface area contributed by atoms with Gasteiger partial charge in [0.15, 0.2) is 0 Å². The number of hydrogen-bond donors (Lipinski definition) is 7. The van der Waals surface area contributed by atoms with Crippen LogP contribution in [0.15, 0.2) is 23.3 Å². The first-order chi connectivity index (χ1) is 39.2. The highest BCUT2D eigenvalue weighted by Gasteiger charge is 2.57. The summed E-state index contributed by atoms with van der Waals surface area (Å²) in [4.78, 5) is 96.2. The van der Waals surface area contributed by atoms with Crippen molar-refractivity contribution in [2.24, 2.45) is 29.6 Å². The van der Waals surface area contributed by atoms with Gasteiger partial charge in [0.2, 0.25) is 11.7 Å². The number of urea groups is 1. The van der Waals surface area contributed by atoms with Crippen LogP contribution >= 0.6 is 11.8 Å². The predicted octanol–water partition coefficient (Wildman–Crippen LogP) is 5.58. The SMILES string of the molecule is CO[C@H]1C[C@H](C)C/C(C)=C/[C@@H](CCOC(=O)NCCCCCCNC(=O)CCCC[C@@H]2SC[C@@H]3NC(=O)N[C@@H]32)C(=O)C[C@H](O)[C@@H](C)[C@@H](/C(C)=C/[C@@H]2CC[C@@H](O)[C@H](OC)C2)OC(=O)[C@@H]2CCCCN2C(=O)C(=O)[C@]2(O)O[C@H]1[C@@H](OC)C[C@H]2C. The second-order valence-electron chi connectivity index (χ2n) is 24.2. The van der Waals surface area contributed by atoms with Crippen LogP contribution in [0.4, 0.5) is 9.59 Å². The Balaban J connectivity index is 1.09. The zero-order valence-electron chi connectivity index (χ0n) is 49.9. The molecule has 1 saturated carbocycles. The van der Waals surface area contributed by atoms with E-state index in [2.05, 4.69) is 21.3 Å². The molecule has 82 heavy (non-hydrogen) atoms. The molecule has 6 rings (SSSR count). The Kier molecular flexibility index (Phi) is 26.4. The number of thioether (sulfide) groups is 1. The first kappa shape index (κ1) is 67.0. The Hall–Kier alpha value is -4.16. The van der Waals surface area contributed by atoms with Crippen molar-refractivity contribution in [2.45, 2.75) is 229 Å². The van der Waals surface area contributed by atoms with E-state index in [4.69, 9.17) is 28.4 Å². The molecular formula is C60H97N5O16S. The van der Waals surface area contributed by atoms with Crippen LogP contribution in [0.2, 0.25) is 0 Å². The largest absolute Gasteiger partial charge is 0.456 e. The van der Waals surface area contributed by atoms with Crippen molar-refractivity contribution in [2.75, 3.05) is 53.3 Å². The third-order valence-electron chi connectivity index (χ3n) is 17.9. The Morgan fingerprint density at radius 3 is 2.27 bits per heavy atom. The van der Waals surface area contributed by atoms with Gasteiger partial charge in [0.1, 0.15) is 24.0 Å². The van der Waals surface area contributed by atoms with Crippen molar-refractivity contribution in [1.82, 2.24) is 26.2 Å². The van der Waals surface area contributed by atoms with Gasteiger partial charge in [0.25, 0.3) is 11.7 Å². The molecule has 1 aliphatic carbocycles. The number of nitrogens with one attached hydrogen (secondary N) is 4. The van der Waals surface area contributed by atoms with E-state index < -0.39 is 96.1 Å². The van der Waals surface area contributed by atoms with Crippen molar-refractivity contribution >= 4 is 53.2 Å². The fraction of sp³-hybridized carbons (Fsp3) is 0.817. The number of cyclic esters (lactones) is 1. The van der Waals surface area contributed by atoms with Gasteiger partial charge in [-0.3, -0.25) is 19.2 Å². The number of ketones is 2. The van der Waals surface area contributed by atoms with Gasteiger partial charge >= 0.3 is 18.1 Å². The molecule has 5 amide bonds. The topological polar surface area (TPSA) is 287 Å². The molecule has 6 aliphatic rings. The number of alkyl carbamates (subject to hydrolysis) is 1. The number of esters is 1. The summed E-state index contributed by atoms with van der Waals surface area (Å²) in [5.41, 5.74) is 1.44. The lowest BCUT2D eigenvalue weighted by atomic mass is 9.81. The van der Waals surface area contributed by atoms with Crippen LogP contribution in [0.25, 0.3) is 0 Å². The number of carbonyl (C=O) groups is 7. The summed E-state index contributed by atoms with van der Waals surface area (Å²) in [7, 11) is 4.55. The molecule has 0 aromatic rings. The molecule has 7 N–H and O–H groups in total. The molecule has 17 atom stereocenters. The monoisotopic (exact) mass is 1180 g/mol. The number of ether oxygens (including phenoxy) is 6. The smallest absolute Gasteiger partial charge is 0.407 e. The first-order valence-electron chi connectivity index (χ1n) is 30.3. The van der Waals surface area contributed by atoms with Crippen LogP contribution in [0.5, 0.6) is 0 Å². The van der Waals surface area contributed by atoms with Crippen LogP contribution in [0.1, 0.15) is 157 Å². The number of fused-ring (bicyclic) bond motifs is 4. The van der Waals surface area contributed by atoms with E-state index in [0.717, 1.165) is 54.8 Å². The number of aliphatic hydroxyl groups excluding tert-OH is 2. The number of aliphatic hydroxyl groups is 3. The summed E-state index contributed by atoms with van der Waals surface area (Å²) < 4.78 is 35.7. The molecule has 5 aliphatic heterocycles. The van der Waals surface area contributed by atoms with Crippen molar-refractivity contribution in [3.8, 4) is 0 Å². The van der Waals surface area contributed by atoms with Crippen LogP contribution in [0.3, 0.4) is 0 Å². The van der Waals surface area contributed by atoms with Crippen LogP contribution in [-0.4, -0.2) is 187 Å². The van der Waals surface area contributed by atoms with E-state index in [1.807, 2.05) is 37.8 Å². The molecule has 0 aromatic heterocycles. The Labute approximate surface area is 489 Å². The van der Waals surface area contributed by atoms with Crippen molar-refractivity contribution < 1.29 is 77.3 Å². The molecule has 464 valence electrons. The van der Waals surface area contributed by atoms with Crippen LogP contribution < -0.4 is 21.3 Å². The lowest BCUT2D eigenvalue weighted by molar-refractivity contribution is -0.302. The number of unbranched alkanes of at least 4 members (excludes halogenated alkanes) is 4. The highest BCUT2D eigenvalue weighted by atomic mass is 32.2. The number of piperidine rings is 1. The fourth-order valence-corrected chi connectivity index (χ4v) is 14.5. The molecule has 4 saturated heterocycles. The summed E-state index contributed by atoms with van der Waals surface area (Å²) in [6.07, 6.45) is 7.46. The molecule has 22 heteroatoms. The third kappa shape index (κ3) is 18.4. The average Bonchev–Trinajstić information content (AvgIpc) is 4.05. The summed E-state index contributed by atoms with van der Waals surface area (Å²) >= 11 is 1.88. The summed E-state index contributed by atoms with van der Waals surface area (Å²) in [6, 6.07) is -0.928. The van der Waals surface area contributed by atoms with E-state index in [1.54, 1.807) is 27.9 Å². The van der Waals surface area contributed by atoms with E-state index in [-0.39, 0.29) is 80.5 Å². The molecule has 0 aromatic carbocycles. The Morgan fingerprint density at radius 2 is 1.55 bits per heavy atom. The van der Waals surface area contributed by atoms with E-state index >= 15 is 0 Å². The number of hydrogen-bond acceptors (Lipinski definition) is 17. The number of carbonyl (C=O) groups excluding carboxylic acids is 7. The predicted molar refractivity (Wildman–Crippen MR) is 307 cm³/mol. The van der Waals surface area contributed by atoms with Crippen LogP contribution in [-0.2, 0) is 52.4 Å². The van der Waals surface area contributed by atoms with Gasteiger partial charge in [-0.15, -0.1) is 0 Å². The van der Waals surface area contributed by atoms with Crippen molar-refractivity contribution in [3.63, 3.8) is 0 Å². The third-order valence-corrected chi connectivity index (χ3v) is 19.4. The van der Waals surface area contributed by atoms with Crippen molar-refractivity contribution in [1.29, 1.82) is 0 Å². The molecule has 5 fully saturated rings. The standard InChI is InChI=1S/C60H97N5O16S/c1-35-27-36(2)29-48(77-7)54-49(78-8)31-38(4)60(75,81-54)55(70)56(71)65-25-16-13-17-43(65)57(72)80-53(37(3)30-40-20-21-44(66)47(32-40)76-6)39(5)45(67)33-46(68)41(28-35)22-26-79-59(74)62-24-15-10-9-14-23-61-51(69)19-12-11-18-50-52-42(34-82-50)63-58(73)64-52/h28,30,36,38-45,47-50,52-54,66-67,75H,9-27,29,31-34H2,1-8H3,(H,61,69)(H,62,74)(H2,63,64,73)/b35-28+,37-30+/t36-,38-,39-,40+,41-,42+,43+,44-,45+,47-,48+,49+,50+,52+,53-,54-,60-/m1/s1. The zero-order valence-corrected chi connectivity index (χ0v) is 50.7. The molecule has 2 bridgehead atoms. The van der Waals surface area contributed by atoms with Gasteiger partial charge in [-0.1, -0.05) is 57.8 Å². The van der Waals surface area contributed by atoms with Crippen molar-refractivity contribution in [3.05, 3.63) is 23.3 Å². The summed E-state index contributed by atoms with van der Waals surface area (Å²) in [5.74, 6) is -7.71. The van der Waals surface area contributed by atoms with Gasteiger partial charge in [-0.2, -0.15) is 11.8 Å². The minimum absolute atomic E-state index is 0.0369. The fourth-order valence-electron chi connectivity index (χ4n) is 13.0.